The van der Waals surface area contributed by atoms with Gasteiger partial charge in [0.1, 0.15) is 0 Å². The molecule has 0 aliphatic carbocycles. The number of benzene rings is 1. The van der Waals surface area contributed by atoms with Gasteiger partial charge < -0.3 is 0 Å². The molecule has 0 unspecified atom stereocenters. The summed E-state index contributed by atoms with van der Waals surface area (Å²) in [4.78, 5) is 0. The first-order valence-corrected chi connectivity index (χ1v) is 4.07. The van der Waals surface area contributed by atoms with Crippen molar-refractivity contribution in [2.75, 3.05) is 0 Å². The van der Waals surface area contributed by atoms with E-state index in [-0.39, 0.29) is 0 Å². The zero-order chi connectivity index (χ0) is 9.42. The van der Waals surface area contributed by atoms with E-state index in [0.717, 1.165) is 22.0 Å². The van der Waals surface area contributed by atoms with Gasteiger partial charge in [-0.15, -0.1) is 0 Å². The van der Waals surface area contributed by atoms with Crippen LogP contribution in [0.3, 0.4) is 0 Å². The molecule has 1 heterocycles. The van der Waals surface area contributed by atoms with Gasteiger partial charge in [-0.2, -0.15) is 10.4 Å². The van der Waals surface area contributed by atoms with Crippen LogP contribution in [0.1, 0.15) is 16.7 Å². The molecular weight excluding hydrogens is 162 g/mol. The Balaban J connectivity index is 2.94. The van der Waals surface area contributed by atoms with E-state index in [1.165, 1.54) is 0 Å². The quantitative estimate of drug-likeness (QED) is 0.659. The van der Waals surface area contributed by atoms with Crippen molar-refractivity contribution >= 4 is 10.9 Å². The first-order valence-electron chi connectivity index (χ1n) is 4.07. The first-order chi connectivity index (χ1) is 6.24. The number of H-pyrrole nitrogens is 1. The molecule has 0 bridgehead atoms. The monoisotopic (exact) mass is 171 g/mol. The van der Waals surface area contributed by atoms with Gasteiger partial charge in [0.2, 0.25) is 0 Å². The van der Waals surface area contributed by atoms with Gasteiger partial charge in [-0.3, -0.25) is 5.10 Å². The number of hydrogen-bond acceptors (Lipinski definition) is 2. The maximum Gasteiger partial charge on any atom is 0.0995 e. The summed E-state index contributed by atoms with van der Waals surface area (Å²) in [5.41, 5.74) is 3.81. The highest BCUT2D eigenvalue weighted by atomic mass is 15.1. The summed E-state index contributed by atoms with van der Waals surface area (Å²) in [5, 5.41) is 16.8. The molecule has 2 aromatic rings. The predicted octanol–water partition coefficient (Wildman–Crippen LogP) is 2.05. The highest BCUT2D eigenvalue weighted by Crippen LogP contribution is 2.22. The number of nitrogens with zero attached hydrogens (tertiary/aromatic N) is 2. The SMILES string of the molecule is Cc1c(C#N)cc2[nH]ncc2c1C. The minimum Gasteiger partial charge on any atom is -0.278 e. The highest BCUT2D eigenvalue weighted by Gasteiger charge is 2.06. The van der Waals surface area contributed by atoms with Gasteiger partial charge in [0, 0.05) is 5.39 Å². The van der Waals surface area contributed by atoms with Gasteiger partial charge in [0.25, 0.3) is 0 Å². The average Bonchev–Trinajstić information content (AvgIpc) is 2.59. The Hall–Kier alpha value is -1.82. The molecule has 64 valence electrons. The number of hydrogen-bond donors (Lipinski definition) is 1. The maximum atomic E-state index is 8.86. The maximum absolute atomic E-state index is 8.86. The summed E-state index contributed by atoms with van der Waals surface area (Å²) in [6.45, 7) is 3.97. The lowest BCUT2D eigenvalue weighted by atomic mass is 10.0. The molecule has 0 atom stereocenters. The average molecular weight is 171 g/mol. The molecule has 3 nitrogen and oxygen atoms in total. The van der Waals surface area contributed by atoms with Crippen molar-refractivity contribution in [1.82, 2.24) is 10.2 Å². The fraction of sp³-hybridized carbons (Fsp3) is 0.200. The Labute approximate surface area is 76.0 Å². The van der Waals surface area contributed by atoms with E-state index in [4.69, 9.17) is 5.26 Å². The summed E-state index contributed by atoms with van der Waals surface area (Å²) >= 11 is 0. The van der Waals surface area contributed by atoms with Crippen LogP contribution in [-0.2, 0) is 0 Å². The van der Waals surface area contributed by atoms with Crippen LogP contribution in [0.25, 0.3) is 10.9 Å². The highest BCUT2D eigenvalue weighted by molar-refractivity contribution is 5.84. The van der Waals surface area contributed by atoms with E-state index in [1.807, 2.05) is 19.9 Å². The summed E-state index contributed by atoms with van der Waals surface area (Å²) in [6, 6.07) is 4.01. The number of nitrogens with one attached hydrogen (secondary N) is 1. The van der Waals surface area contributed by atoms with Crippen molar-refractivity contribution in [3.05, 3.63) is 29.0 Å². The van der Waals surface area contributed by atoms with E-state index < -0.39 is 0 Å². The van der Waals surface area contributed by atoms with Crippen molar-refractivity contribution in [3.8, 4) is 6.07 Å². The van der Waals surface area contributed by atoms with Crippen LogP contribution in [0.4, 0.5) is 0 Å². The summed E-state index contributed by atoms with van der Waals surface area (Å²) in [7, 11) is 0. The Morgan fingerprint density at radius 3 is 2.85 bits per heavy atom. The molecule has 1 N–H and O–H groups in total. The van der Waals surface area contributed by atoms with Gasteiger partial charge in [-0.05, 0) is 31.0 Å². The lowest BCUT2D eigenvalue weighted by Gasteiger charge is -2.02. The molecule has 0 radical (unpaired) electrons. The second kappa shape index (κ2) is 2.60. The second-order valence-electron chi connectivity index (χ2n) is 3.12. The van der Waals surface area contributed by atoms with Crippen LogP contribution in [0.15, 0.2) is 12.3 Å². The Bertz CT molecular complexity index is 503. The Morgan fingerprint density at radius 2 is 2.15 bits per heavy atom. The number of aromatic amines is 1. The third kappa shape index (κ3) is 0.994. The molecule has 13 heavy (non-hydrogen) atoms. The summed E-state index contributed by atoms with van der Waals surface area (Å²) < 4.78 is 0. The van der Waals surface area contributed by atoms with Gasteiger partial charge in [-0.1, -0.05) is 0 Å². The first kappa shape index (κ1) is 7.81. The predicted molar refractivity (Wildman–Crippen MR) is 50.3 cm³/mol. The number of nitriles is 1. The topological polar surface area (TPSA) is 52.5 Å². The number of aryl methyl sites for hydroxylation is 1. The van der Waals surface area contributed by atoms with Crippen LogP contribution >= 0.6 is 0 Å². The normalized spacial score (nSPS) is 10.2. The van der Waals surface area contributed by atoms with Gasteiger partial charge in [-0.25, -0.2) is 0 Å². The molecule has 1 aromatic heterocycles. The number of aromatic nitrogens is 2. The molecule has 0 spiro atoms. The summed E-state index contributed by atoms with van der Waals surface area (Å²) in [5.74, 6) is 0. The molecule has 2 rings (SSSR count). The van der Waals surface area contributed by atoms with Crippen molar-refractivity contribution in [1.29, 1.82) is 5.26 Å². The van der Waals surface area contributed by atoms with Crippen molar-refractivity contribution in [2.24, 2.45) is 0 Å². The Morgan fingerprint density at radius 1 is 1.38 bits per heavy atom. The number of rotatable bonds is 0. The standard InChI is InChI=1S/C10H9N3/c1-6-7(2)9-5-12-13-10(9)3-8(6)4-11/h3,5H,1-2H3,(H,12,13). The molecule has 0 aliphatic heterocycles. The Kier molecular flexibility index (Phi) is 1.56. The van der Waals surface area contributed by atoms with Crippen molar-refractivity contribution in [3.63, 3.8) is 0 Å². The van der Waals surface area contributed by atoms with Gasteiger partial charge >= 0.3 is 0 Å². The van der Waals surface area contributed by atoms with Crippen LogP contribution in [-0.4, -0.2) is 10.2 Å². The zero-order valence-corrected chi connectivity index (χ0v) is 7.55. The van der Waals surface area contributed by atoms with E-state index in [1.54, 1.807) is 6.20 Å². The van der Waals surface area contributed by atoms with E-state index in [0.29, 0.717) is 5.56 Å². The largest absolute Gasteiger partial charge is 0.278 e. The van der Waals surface area contributed by atoms with Crippen molar-refractivity contribution in [2.45, 2.75) is 13.8 Å². The minimum atomic E-state index is 0.717. The van der Waals surface area contributed by atoms with E-state index >= 15 is 0 Å². The zero-order valence-electron chi connectivity index (χ0n) is 7.55. The lowest BCUT2D eigenvalue weighted by molar-refractivity contribution is 1.12. The van der Waals surface area contributed by atoms with Gasteiger partial charge in [0.15, 0.2) is 0 Å². The lowest BCUT2D eigenvalue weighted by Crippen LogP contribution is -1.87. The van der Waals surface area contributed by atoms with Crippen LogP contribution in [0.2, 0.25) is 0 Å². The van der Waals surface area contributed by atoms with Crippen molar-refractivity contribution < 1.29 is 0 Å². The minimum absolute atomic E-state index is 0.717. The van der Waals surface area contributed by atoms with E-state index in [9.17, 15) is 0 Å². The molecule has 0 saturated carbocycles. The second-order valence-corrected chi connectivity index (χ2v) is 3.12. The molecule has 3 heteroatoms. The van der Waals surface area contributed by atoms with Crippen LogP contribution in [0.5, 0.6) is 0 Å². The smallest absolute Gasteiger partial charge is 0.0995 e. The van der Waals surface area contributed by atoms with Crippen LogP contribution < -0.4 is 0 Å². The van der Waals surface area contributed by atoms with Gasteiger partial charge in [0.05, 0.1) is 23.3 Å². The molecule has 1 aromatic carbocycles. The molecule has 0 amide bonds. The summed E-state index contributed by atoms with van der Waals surface area (Å²) in [6.07, 6.45) is 1.79. The molecule has 0 saturated heterocycles. The molecule has 0 aliphatic rings. The van der Waals surface area contributed by atoms with Crippen LogP contribution in [0, 0.1) is 25.2 Å². The fourth-order valence-electron chi connectivity index (χ4n) is 1.48. The van der Waals surface area contributed by atoms with E-state index in [2.05, 4.69) is 16.3 Å². The molecule has 0 fully saturated rings. The third-order valence-electron chi connectivity index (χ3n) is 2.45. The molecular formula is C10H9N3. The fourth-order valence-corrected chi connectivity index (χ4v) is 1.48. The third-order valence-corrected chi connectivity index (χ3v) is 2.45. The number of fused-ring (bicyclic) bond motifs is 1.